The summed E-state index contributed by atoms with van der Waals surface area (Å²) in [6.07, 6.45) is 4.31. The number of likely N-dealkylation sites (tertiary alicyclic amines) is 1. The molecule has 1 aliphatic rings. The average Bonchev–Trinajstić information content (AvgIpc) is 3.56. The van der Waals surface area contributed by atoms with Crippen molar-refractivity contribution >= 4 is 16.8 Å². The van der Waals surface area contributed by atoms with Crippen molar-refractivity contribution in [1.82, 2.24) is 25.0 Å². The molecule has 0 bridgehead atoms. The number of carbonyl (C=O) groups excluding carboxylic acids is 1. The predicted molar refractivity (Wildman–Crippen MR) is 147 cm³/mol. The minimum absolute atomic E-state index is 0.119. The highest BCUT2D eigenvalue weighted by atomic mass is 16.5. The Labute approximate surface area is 218 Å². The number of aryl methyl sites for hydroxylation is 2. The van der Waals surface area contributed by atoms with Crippen molar-refractivity contribution in [3.63, 3.8) is 0 Å². The van der Waals surface area contributed by atoms with Gasteiger partial charge < -0.3 is 15.0 Å². The summed E-state index contributed by atoms with van der Waals surface area (Å²) in [6, 6.07) is 18.0. The molecule has 2 aromatic heterocycles. The van der Waals surface area contributed by atoms with Gasteiger partial charge in [-0.05, 0) is 88.7 Å². The van der Waals surface area contributed by atoms with Crippen LogP contribution in [0.25, 0.3) is 22.3 Å². The molecular weight excluding hydrogens is 462 g/mol. The van der Waals surface area contributed by atoms with E-state index in [0.717, 1.165) is 58.7 Å². The largest absolute Gasteiger partial charge is 0.492 e. The summed E-state index contributed by atoms with van der Waals surface area (Å²) in [7, 11) is 2.14. The van der Waals surface area contributed by atoms with Crippen molar-refractivity contribution in [3.05, 3.63) is 77.5 Å². The molecule has 192 valence electrons. The maximum absolute atomic E-state index is 13.4. The summed E-state index contributed by atoms with van der Waals surface area (Å²) < 4.78 is 7.98. The standard InChI is InChI=1S/C30H35N5O2/c1-5-35-16-14-28(33-35)29-18-26(24-10-6-7-11-27(24)32-29)21(3)31-30(36)25-17-23(13-12-20(25)2)37-19-22-9-8-15-34(22)4/h6-7,10-14,16-18,21-22H,5,8-9,15,19H2,1-4H3,(H,31,36)/t21-,22?/m1/s1. The van der Waals surface area contributed by atoms with E-state index in [1.54, 1.807) is 0 Å². The molecule has 1 saturated heterocycles. The lowest BCUT2D eigenvalue weighted by molar-refractivity contribution is 0.0939. The number of hydrogen-bond acceptors (Lipinski definition) is 5. The van der Waals surface area contributed by atoms with Crippen molar-refractivity contribution in [2.75, 3.05) is 20.2 Å². The molecule has 2 aromatic carbocycles. The number of nitrogens with one attached hydrogen (secondary N) is 1. The average molecular weight is 498 g/mol. The Hall–Kier alpha value is -3.71. The molecule has 7 nitrogen and oxygen atoms in total. The molecule has 1 unspecified atom stereocenters. The van der Waals surface area contributed by atoms with E-state index in [1.807, 2.05) is 73.3 Å². The van der Waals surface area contributed by atoms with E-state index >= 15 is 0 Å². The molecule has 0 aliphatic carbocycles. The second-order valence-electron chi connectivity index (χ2n) is 9.93. The molecule has 0 saturated carbocycles. The number of pyridine rings is 1. The second kappa shape index (κ2) is 10.7. The van der Waals surface area contributed by atoms with Crippen molar-refractivity contribution < 1.29 is 9.53 Å². The van der Waals surface area contributed by atoms with E-state index in [-0.39, 0.29) is 11.9 Å². The van der Waals surface area contributed by atoms with Crippen LogP contribution in [0.3, 0.4) is 0 Å². The molecule has 1 amide bonds. The third kappa shape index (κ3) is 5.37. The van der Waals surface area contributed by atoms with Crippen molar-refractivity contribution in [2.24, 2.45) is 0 Å². The highest BCUT2D eigenvalue weighted by Crippen LogP contribution is 2.29. The first-order valence-electron chi connectivity index (χ1n) is 13.1. The van der Waals surface area contributed by atoms with E-state index < -0.39 is 0 Å². The van der Waals surface area contributed by atoms with Gasteiger partial charge in [0.05, 0.1) is 17.3 Å². The molecule has 3 heterocycles. The first-order valence-corrected chi connectivity index (χ1v) is 13.1. The van der Waals surface area contributed by atoms with Crippen LogP contribution in [-0.4, -0.2) is 51.8 Å². The summed E-state index contributed by atoms with van der Waals surface area (Å²) in [4.78, 5) is 20.6. The summed E-state index contributed by atoms with van der Waals surface area (Å²) >= 11 is 0. The van der Waals surface area contributed by atoms with Gasteiger partial charge >= 0.3 is 0 Å². The lowest BCUT2D eigenvalue weighted by Crippen LogP contribution is -2.30. The van der Waals surface area contributed by atoms with E-state index in [4.69, 9.17) is 9.72 Å². The molecule has 7 heteroatoms. The number of fused-ring (bicyclic) bond motifs is 1. The zero-order valence-electron chi connectivity index (χ0n) is 22.1. The van der Waals surface area contributed by atoms with Gasteiger partial charge in [-0.15, -0.1) is 0 Å². The Morgan fingerprint density at radius 3 is 2.76 bits per heavy atom. The minimum Gasteiger partial charge on any atom is -0.492 e. The molecule has 4 aromatic rings. The van der Waals surface area contributed by atoms with Crippen LogP contribution in [0.15, 0.2) is 60.8 Å². The van der Waals surface area contributed by atoms with Crippen LogP contribution >= 0.6 is 0 Å². The minimum atomic E-state index is -0.233. The molecule has 1 fully saturated rings. The number of nitrogens with zero attached hydrogens (tertiary/aromatic N) is 4. The Kier molecular flexibility index (Phi) is 7.24. The molecule has 37 heavy (non-hydrogen) atoms. The smallest absolute Gasteiger partial charge is 0.252 e. The fourth-order valence-corrected chi connectivity index (χ4v) is 5.04. The number of benzene rings is 2. The Bertz CT molecular complexity index is 1410. The summed E-state index contributed by atoms with van der Waals surface area (Å²) in [5.74, 6) is 0.609. The fraction of sp³-hybridized carbons (Fsp3) is 0.367. The van der Waals surface area contributed by atoms with Gasteiger partial charge in [-0.1, -0.05) is 24.3 Å². The first-order chi connectivity index (χ1) is 17.9. The Morgan fingerprint density at radius 2 is 2.00 bits per heavy atom. The molecule has 0 spiro atoms. The van der Waals surface area contributed by atoms with Gasteiger partial charge in [0, 0.05) is 29.7 Å². The van der Waals surface area contributed by atoms with E-state index in [9.17, 15) is 4.79 Å². The number of rotatable bonds is 8. The normalized spacial score (nSPS) is 16.7. The van der Waals surface area contributed by atoms with Gasteiger partial charge in [-0.25, -0.2) is 4.98 Å². The Morgan fingerprint density at radius 1 is 1.16 bits per heavy atom. The van der Waals surface area contributed by atoms with Gasteiger partial charge in [0.25, 0.3) is 5.91 Å². The van der Waals surface area contributed by atoms with E-state index in [2.05, 4.69) is 35.4 Å². The van der Waals surface area contributed by atoms with Gasteiger partial charge in [0.15, 0.2) is 0 Å². The number of carbonyl (C=O) groups is 1. The van der Waals surface area contributed by atoms with Crippen LogP contribution in [0.1, 0.15) is 54.2 Å². The van der Waals surface area contributed by atoms with Crippen molar-refractivity contribution in [2.45, 2.75) is 52.2 Å². The zero-order valence-corrected chi connectivity index (χ0v) is 22.1. The van der Waals surface area contributed by atoms with Gasteiger partial charge in [-0.3, -0.25) is 9.48 Å². The van der Waals surface area contributed by atoms with Gasteiger partial charge in [0.1, 0.15) is 18.1 Å². The molecule has 1 aliphatic heterocycles. The monoisotopic (exact) mass is 497 g/mol. The van der Waals surface area contributed by atoms with Crippen LogP contribution in [-0.2, 0) is 6.54 Å². The summed E-state index contributed by atoms with van der Waals surface area (Å²) in [5.41, 5.74) is 5.05. The first kappa shape index (κ1) is 25.0. The quantitative estimate of drug-likeness (QED) is 0.353. The molecule has 5 rings (SSSR count). The van der Waals surface area contributed by atoms with E-state index in [0.29, 0.717) is 18.2 Å². The van der Waals surface area contributed by atoms with Crippen LogP contribution in [0.2, 0.25) is 0 Å². The molecular formula is C30H35N5O2. The topological polar surface area (TPSA) is 72.3 Å². The highest BCUT2D eigenvalue weighted by molar-refractivity contribution is 5.96. The summed E-state index contributed by atoms with van der Waals surface area (Å²) in [5, 5.41) is 8.87. The van der Waals surface area contributed by atoms with Gasteiger partial charge in [0.2, 0.25) is 0 Å². The van der Waals surface area contributed by atoms with Crippen LogP contribution in [0.5, 0.6) is 5.75 Å². The molecule has 0 radical (unpaired) electrons. The van der Waals surface area contributed by atoms with Gasteiger partial charge in [-0.2, -0.15) is 5.10 Å². The second-order valence-corrected chi connectivity index (χ2v) is 9.93. The third-order valence-electron chi connectivity index (χ3n) is 7.36. The Balaban J connectivity index is 1.38. The van der Waals surface area contributed by atoms with Crippen LogP contribution in [0.4, 0.5) is 0 Å². The maximum atomic E-state index is 13.4. The SMILES string of the molecule is CCn1ccc(-c2cc([C@@H](C)NC(=O)c3cc(OCC4CCCN4C)ccc3C)c3ccccc3n2)n1. The number of likely N-dealkylation sites (N-methyl/N-ethyl adjacent to an activating group) is 1. The molecule has 1 N–H and O–H groups in total. The number of hydrogen-bond donors (Lipinski definition) is 1. The number of amides is 1. The highest BCUT2D eigenvalue weighted by Gasteiger charge is 2.22. The number of aromatic nitrogens is 3. The zero-order chi connectivity index (χ0) is 25.9. The van der Waals surface area contributed by atoms with E-state index in [1.165, 1.54) is 6.42 Å². The number of para-hydroxylation sites is 1. The third-order valence-corrected chi connectivity index (χ3v) is 7.36. The predicted octanol–water partition coefficient (Wildman–Crippen LogP) is 5.39. The lowest BCUT2D eigenvalue weighted by Gasteiger charge is -2.21. The van der Waals surface area contributed by atoms with Crippen molar-refractivity contribution in [3.8, 4) is 17.1 Å². The van der Waals surface area contributed by atoms with Crippen LogP contribution in [0, 0.1) is 6.92 Å². The van der Waals surface area contributed by atoms with Crippen LogP contribution < -0.4 is 10.1 Å². The van der Waals surface area contributed by atoms with Crippen molar-refractivity contribution in [1.29, 1.82) is 0 Å². The maximum Gasteiger partial charge on any atom is 0.252 e. The number of ether oxygens (including phenoxy) is 1. The lowest BCUT2D eigenvalue weighted by atomic mass is 10.00. The summed E-state index contributed by atoms with van der Waals surface area (Å²) in [6.45, 7) is 8.57. The molecule has 2 atom stereocenters. The fourth-order valence-electron chi connectivity index (χ4n) is 5.04.